The van der Waals surface area contributed by atoms with Crippen molar-refractivity contribution in [3.8, 4) is 0 Å². The zero-order valence-electron chi connectivity index (χ0n) is 22.1. The minimum atomic E-state index is -4.10. The highest BCUT2D eigenvalue weighted by atomic mass is 35.5. The zero-order valence-corrected chi connectivity index (χ0v) is 23.7. The molecule has 7 nitrogen and oxygen atoms in total. The summed E-state index contributed by atoms with van der Waals surface area (Å²) in [6.07, 6.45) is 2.45. The second-order valence-electron chi connectivity index (χ2n) is 9.65. The van der Waals surface area contributed by atoms with Crippen LogP contribution in [0.1, 0.15) is 52.5 Å². The third kappa shape index (κ3) is 7.43. The fourth-order valence-electron chi connectivity index (χ4n) is 4.06. The van der Waals surface area contributed by atoms with E-state index in [0.717, 1.165) is 17.5 Å². The number of anilines is 1. The lowest BCUT2D eigenvalue weighted by atomic mass is 10.0. The predicted molar refractivity (Wildman–Crippen MR) is 155 cm³/mol. The average Bonchev–Trinajstić information content (AvgIpc) is 2.92. The molecule has 0 bridgehead atoms. The van der Waals surface area contributed by atoms with Crippen molar-refractivity contribution in [2.75, 3.05) is 18.5 Å². The largest absolute Gasteiger partial charge is 0.344 e. The maximum Gasteiger partial charge on any atom is 0.268 e. The molecular formula is C30H31ClN4O3S. The summed E-state index contributed by atoms with van der Waals surface area (Å²) < 4.78 is 28.2. The summed E-state index contributed by atoms with van der Waals surface area (Å²) in [4.78, 5) is 24.3. The molecule has 0 aliphatic rings. The monoisotopic (exact) mass is 562 g/mol. The molecule has 9 heteroatoms. The summed E-state index contributed by atoms with van der Waals surface area (Å²) in [6, 6.07) is 23.8. The number of benzene rings is 3. The molecular weight excluding hydrogens is 532 g/mol. The third-order valence-corrected chi connectivity index (χ3v) is 7.95. The standard InChI is InChI=1S/C30H31ClN4O3S/c1-21(2)24-12-14-26(15-13-24)39(37,38)34-29(36)27-20-32-30(35(3)17-16-22-8-5-4-6-9-22)33-28(27)19-23-10-7-11-25(31)18-23/h4-15,18,20-21H,16-17,19H2,1-3H3,(H,34,36). The quantitative estimate of drug-likeness (QED) is 0.269. The van der Waals surface area contributed by atoms with Gasteiger partial charge >= 0.3 is 0 Å². The van der Waals surface area contributed by atoms with Gasteiger partial charge in [0.1, 0.15) is 0 Å². The van der Waals surface area contributed by atoms with Gasteiger partial charge in [0.25, 0.3) is 15.9 Å². The molecule has 4 aromatic rings. The van der Waals surface area contributed by atoms with E-state index in [9.17, 15) is 13.2 Å². The summed E-state index contributed by atoms with van der Waals surface area (Å²) in [5.41, 5.74) is 3.50. The van der Waals surface area contributed by atoms with E-state index < -0.39 is 15.9 Å². The van der Waals surface area contributed by atoms with Gasteiger partial charge in [0.15, 0.2) is 0 Å². The van der Waals surface area contributed by atoms with Crippen LogP contribution in [0.2, 0.25) is 5.02 Å². The van der Waals surface area contributed by atoms with Gasteiger partial charge in [-0.15, -0.1) is 0 Å². The Kier molecular flexibility index (Phi) is 8.99. The van der Waals surface area contributed by atoms with E-state index in [1.807, 2.05) is 56.1 Å². The molecule has 0 radical (unpaired) electrons. The highest BCUT2D eigenvalue weighted by Crippen LogP contribution is 2.21. The van der Waals surface area contributed by atoms with Crippen LogP contribution in [0.25, 0.3) is 0 Å². The Morgan fingerprint density at radius 3 is 2.33 bits per heavy atom. The summed E-state index contributed by atoms with van der Waals surface area (Å²) in [5, 5.41) is 0.556. The first kappa shape index (κ1) is 28.3. The number of rotatable bonds is 10. The number of halogens is 1. The number of hydrogen-bond acceptors (Lipinski definition) is 6. The van der Waals surface area contributed by atoms with Crippen molar-refractivity contribution >= 4 is 33.5 Å². The van der Waals surface area contributed by atoms with Gasteiger partial charge in [0, 0.05) is 31.2 Å². The fraction of sp³-hybridized carbons (Fsp3) is 0.233. The van der Waals surface area contributed by atoms with Gasteiger partial charge in [-0.25, -0.2) is 23.1 Å². The first-order valence-electron chi connectivity index (χ1n) is 12.6. The molecule has 202 valence electrons. The lowest BCUT2D eigenvalue weighted by Crippen LogP contribution is -2.32. The van der Waals surface area contributed by atoms with Crippen molar-refractivity contribution in [2.45, 2.75) is 37.5 Å². The molecule has 0 saturated carbocycles. The van der Waals surface area contributed by atoms with Crippen LogP contribution in [0.5, 0.6) is 0 Å². The number of sulfonamides is 1. The SMILES string of the molecule is CC(C)c1ccc(S(=O)(=O)NC(=O)c2cnc(N(C)CCc3ccccc3)nc2Cc2cccc(Cl)c2)cc1. The lowest BCUT2D eigenvalue weighted by molar-refractivity contribution is 0.0980. The van der Waals surface area contributed by atoms with E-state index in [4.69, 9.17) is 11.6 Å². The number of aromatic nitrogens is 2. The van der Waals surface area contributed by atoms with Crippen LogP contribution < -0.4 is 9.62 Å². The van der Waals surface area contributed by atoms with Crippen LogP contribution in [0, 0.1) is 0 Å². The first-order chi connectivity index (χ1) is 18.6. The maximum absolute atomic E-state index is 13.3. The van der Waals surface area contributed by atoms with Gasteiger partial charge in [-0.1, -0.05) is 80.0 Å². The van der Waals surface area contributed by atoms with Gasteiger partial charge in [-0.05, 0) is 53.3 Å². The average molecular weight is 563 g/mol. The second-order valence-corrected chi connectivity index (χ2v) is 11.8. The summed E-state index contributed by atoms with van der Waals surface area (Å²) in [6.45, 7) is 4.71. The molecule has 39 heavy (non-hydrogen) atoms. The van der Waals surface area contributed by atoms with E-state index in [2.05, 4.69) is 26.8 Å². The first-order valence-corrected chi connectivity index (χ1v) is 14.5. The summed E-state index contributed by atoms with van der Waals surface area (Å²) in [7, 11) is -2.22. The Morgan fingerprint density at radius 1 is 0.974 bits per heavy atom. The van der Waals surface area contributed by atoms with E-state index in [1.165, 1.54) is 23.9 Å². The Hall–Kier alpha value is -3.75. The summed E-state index contributed by atoms with van der Waals surface area (Å²) in [5.74, 6) is -0.100. The van der Waals surface area contributed by atoms with Crippen LogP contribution in [-0.4, -0.2) is 37.9 Å². The van der Waals surface area contributed by atoms with E-state index >= 15 is 0 Å². The zero-order chi connectivity index (χ0) is 28.0. The number of hydrogen-bond donors (Lipinski definition) is 1. The lowest BCUT2D eigenvalue weighted by Gasteiger charge is -2.19. The van der Waals surface area contributed by atoms with Crippen molar-refractivity contribution in [2.24, 2.45) is 0 Å². The van der Waals surface area contributed by atoms with Crippen molar-refractivity contribution in [1.82, 2.24) is 14.7 Å². The molecule has 4 rings (SSSR count). The molecule has 1 aromatic heterocycles. The van der Waals surface area contributed by atoms with E-state index in [-0.39, 0.29) is 22.8 Å². The van der Waals surface area contributed by atoms with Crippen LogP contribution in [0.3, 0.4) is 0 Å². The number of nitrogens with zero attached hydrogens (tertiary/aromatic N) is 3. The molecule has 0 fully saturated rings. The smallest absolute Gasteiger partial charge is 0.268 e. The molecule has 1 N–H and O–H groups in total. The van der Waals surface area contributed by atoms with Gasteiger partial charge in [0.05, 0.1) is 16.2 Å². The highest BCUT2D eigenvalue weighted by Gasteiger charge is 2.23. The number of nitrogens with one attached hydrogen (secondary N) is 1. The molecule has 0 saturated heterocycles. The van der Waals surface area contributed by atoms with Crippen molar-refractivity contribution in [3.63, 3.8) is 0 Å². The second kappa shape index (κ2) is 12.4. The van der Waals surface area contributed by atoms with Crippen LogP contribution in [0.15, 0.2) is 90.0 Å². The van der Waals surface area contributed by atoms with Crippen LogP contribution >= 0.6 is 11.6 Å². The molecule has 0 unspecified atom stereocenters. The Morgan fingerprint density at radius 2 is 1.67 bits per heavy atom. The fourth-order valence-corrected chi connectivity index (χ4v) is 5.24. The highest BCUT2D eigenvalue weighted by molar-refractivity contribution is 7.90. The Labute approximate surface area is 234 Å². The number of amides is 1. The molecule has 0 aliphatic carbocycles. The predicted octanol–water partition coefficient (Wildman–Crippen LogP) is 5.64. The van der Waals surface area contributed by atoms with E-state index in [1.54, 1.807) is 24.3 Å². The van der Waals surface area contributed by atoms with Gasteiger partial charge in [-0.3, -0.25) is 4.79 Å². The third-order valence-electron chi connectivity index (χ3n) is 6.36. The molecule has 3 aromatic carbocycles. The number of likely N-dealkylation sites (N-methyl/N-ethyl adjacent to an activating group) is 1. The Balaban J connectivity index is 1.60. The topological polar surface area (TPSA) is 92.3 Å². The van der Waals surface area contributed by atoms with Crippen molar-refractivity contribution in [1.29, 1.82) is 0 Å². The molecule has 0 aliphatic heterocycles. The molecule has 0 spiro atoms. The maximum atomic E-state index is 13.3. The van der Waals surface area contributed by atoms with Gasteiger partial charge < -0.3 is 4.90 Å². The van der Waals surface area contributed by atoms with Crippen LogP contribution in [-0.2, 0) is 22.9 Å². The van der Waals surface area contributed by atoms with Crippen LogP contribution in [0.4, 0.5) is 5.95 Å². The normalized spacial score (nSPS) is 11.4. The van der Waals surface area contributed by atoms with E-state index in [0.29, 0.717) is 23.2 Å². The minimum Gasteiger partial charge on any atom is -0.344 e. The molecule has 1 amide bonds. The van der Waals surface area contributed by atoms with Crippen molar-refractivity contribution < 1.29 is 13.2 Å². The number of carbonyl (C=O) groups is 1. The van der Waals surface area contributed by atoms with Gasteiger partial charge in [-0.2, -0.15) is 0 Å². The Bertz CT molecular complexity index is 1540. The minimum absolute atomic E-state index is 0.00910. The number of carbonyl (C=O) groups excluding carboxylic acids is 1. The van der Waals surface area contributed by atoms with Gasteiger partial charge in [0.2, 0.25) is 5.95 Å². The summed E-state index contributed by atoms with van der Waals surface area (Å²) >= 11 is 6.18. The van der Waals surface area contributed by atoms with Crippen molar-refractivity contribution in [3.05, 3.63) is 118 Å². The molecule has 1 heterocycles. The molecule has 0 atom stereocenters.